The molecule has 102 valence electrons. The molecule has 0 unspecified atom stereocenters. The van der Waals surface area contributed by atoms with Crippen LogP contribution in [-0.4, -0.2) is 15.7 Å². The topological polar surface area (TPSA) is 44.1 Å². The van der Waals surface area contributed by atoms with Gasteiger partial charge in [-0.1, -0.05) is 36.4 Å². The number of ether oxygens (including phenoxy) is 1. The highest BCUT2D eigenvalue weighted by Crippen LogP contribution is 2.44. The minimum Gasteiger partial charge on any atom is -0.457 e. The summed E-state index contributed by atoms with van der Waals surface area (Å²) in [5.74, 6) is 0.970. The molecule has 0 saturated carbocycles. The molecule has 1 aromatic heterocycles. The van der Waals surface area contributed by atoms with Crippen LogP contribution in [0.15, 0.2) is 67.0 Å². The lowest BCUT2D eigenvalue weighted by Gasteiger charge is -2.26. The first-order chi connectivity index (χ1) is 10.3. The van der Waals surface area contributed by atoms with Crippen LogP contribution >= 0.6 is 0 Å². The van der Waals surface area contributed by atoms with Crippen molar-refractivity contribution in [2.45, 2.75) is 5.92 Å². The molecule has 0 spiro atoms. The fraction of sp³-hybridized carbons (Fsp3) is 0.0588. The monoisotopic (exact) mass is 276 g/mol. The Hall–Kier alpha value is -2.88. The van der Waals surface area contributed by atoms with Gasteiger partial charge in [0.2, 0.25) is 0 Å². The summed E-state index contributed by atoms with van der Waals surface area (Å²) in [5.41, 5.74) is 1.74. The van der Waals surface area contributed by atoms with Gasteiger partial charge >= 0.3 is 0 Å². The maximum absolute atomic E-state index is 12.8. The second kappa shape index (κ2) is 4.59. The first kappa shape index (κ1) is 11.9. The lowest BCUT2D eigenvalue weighted by molar-refractivity contribution is 0.0872. The molecule has 2 aromatic carbocycles. The van der Waals surface area contributed by atoms with E-state index in [1.807, 2.05) is 48.5 Å². The Bertz CT molecular complexity index is 764. The van der Waals surface area contributed by atoms with E-state index in [9.17, 15) is 4.79 Å². The average molecular weight is 276 g/mol. The summed E-state index contributed by atoms with van der Waals surface area (Å²) in [4.78, 5) is 12.8. The first-order valence-corrected chi connectivity index (χ1v) is 6.74. The normalized spacial score (nSPS) is 13.1. The zero-order valence-electron chi connectivity index (χ0n) is 11.1. The summed E-state index contributed by atoms with van der Waals surface area (Å²) in [6, 6.07) is 17.0. The highest BCUT2D eigenvalue weighted by atomic mass is 16.5. The van der Waals surface area contributed by atoms with Gasteiger partial charge in [0.15, 0.2) is 0 Å². The quantitative estimate of drug-likeness (QED) is 0.683. The van der Waals surface area contributed by atoms with Crippen LogP contribution in [0.3, 0.4) is 0 Å². The lowest BCUT2D eigenvalue weighted by Crippen LogP contribution is -2.24. The highest BCUT2D eigenvalue weighted by Gasteiger charge is 2.33. The summed E-state index contributed by atoms with van der Waals surface area (Å²) < 4.78 is 7.27. The van der Waals surface area contributed by atoms with Crippen LogP contribution in [0.5, 0.6) is 11.5 Å². The summed E-state index contributed by atoms with van der Waals surface area (Å²) in [7, 11) is 0. The minimum absolute atomic E-state index is 0.0804. The third-order valence-corrected chi connectivity index (χ3v) is 3.66. The van der Waals surface area contributed by atoms with Gasteiger partial charge in [-0.15, -0.1) is 0 Å². The standard InChI is InChI=1S/C17H12N2O2/c20-17(19-11-5-10-18-19)16-12-6-1-3-8-14(12)21-15-9-4-2-7-13(15)16/h1-11,16H. The Morgan fingerprint density at radius 2 is 1.57 bits per heavy atom. The molecule has 1 aliphatic rings. The Morgan fingerprint density at radius 3 is 2.14 bits per heavy atom. The molecule has 0 amide bonds. The van der Waals surface area contributed by atoms with E-state index < -0.39 is 5.92 Å². The second-order valence-electron chi connectivity index (χ2n) is 4.90. The van der Waals surface area contributed by atoms with Crippen molar-refractivity contribution in [2.75, 3.05) is 0 Å². The van der Waals surface area contributed by atoms with E-state index in [0.717, 1.165) is 22.6 Å². The van der Waals surface area contributed by atoms with Crippen LogP contribution in [-0.2, 0) is 0 Å². The molecule has 21 heavy (non-hydrogen) atoms. The molecule has 4 nitrogen and oxygen atoms in total. The van der Waals surface area contributed by atoms with Gasteiger partial charge in [-0.2, -0.15) is 5.10 Å². The van der Waals surface area contributed by atoms with Crippen LogP contribution in [0.1, 0.15) is 21.8 Å². The first-order valence-electron chi connectivity index (χ1n) is 6.74. The third-order valence-electron chi connectivity index (χ3n) is 3.66. The van der Waals surface area contributed by atoms with Gasteiger partial charge in [-0.25, -0.2) is 4.68 Å². The Labute approximate surface area is 121 Å². The summed E-state index contributed by atoms with van der Waals surface area (Å²) >= 11 is 0. The van der Waals surface area contributed by atoms with Crippen LogP contribution in [0, 0.1) is 0 Å². The summed E-state index contributed by atoms with van der Waals surface area (Å²) in [6.45, 7) is 0. The van der Waals surface area contributed by atoms with Crippen molar-refractivity contribution >= 4 is 5.91 Å². The maximum Gasteiger partial charge on any atom is 0.259 e. The predicted molar refractivity (Wildman–Crippen MR) is 77.7 cm³/mol. The van der Waals surface area contributed by atoms with Crippen LogP contribution in [0.2, 0.25) is 0 Å². The number of benzene rings is 2. The molecule has 0 fully saturated rings. The molecule has 4 heteroatoms. The number of carbonyl (C=O) groups is 1. The van der Waals surface area contributed by atoms with Crippen molar-refractivity contribution in [2.24, 2.45) is 0 Å². The number of aromatic nitrogens is 2. The van der Waals surface area contributed by atoms with Gasteiger partial charge in [0.25, 0.3) is 5.91 Å². The van der Waals surface area contributed by atoms with Gasteiger partial charge in [0, 0.05) is 23.5 Å². The van der Waals surface area contributed by atoms with Crippen LogP contribution < -0.4 is 4.74 Å². The van der Waals surface area contributed by atoms with E-state index in [4.69, 9.17) is 4.74 Å². The lowest BCUT2D eigenvalue weighted by atomic mass is 9.87. The van der Waals surface area contributed by atoms with Gasteiger partial charge in [-0.3, -0.25) is 4.79 Å². The van der Waals surface area contributed by atoms with E-state index in [2.05, 4.69) is 5.10 Å². The van der Waals surface area contributed by atoms with Gasteiger partial charge < -0.3 is 4.74 Å². The molecule has 0 aliphatic carbocycles. The van der Waals surface area contributed by atoms with Crippen molar-refractivity contribution < 1.29 is 9.53 Å². The van der Waals surface area contributed by atoms with Crippen LogP contribution in [0.25, 0.3) is 0 Å². The number of nitrogens with zero attached hydrogens (tertiary/aromatic N) is 2. The molecule has 0 saturated heterocycles. The fourth-order valence-corrected chi connectivity index (χ4v) is 2.71. The third kappa shape index (κ3) is 1.84. The second-order valence-corrected chi connectivity index (χ2v) is 4.90. The molecule has 3 aromatic rings. The average Bonchev–Trinajstić information content (AvgIpc) is 3.06. The number of carbonyl (C=O) groups excluding carboxylic acids is 1. The van der Waals surface area contributed by atoms with Crippen molar-refractivity contribution in [3.63, 3.8) is 0 Å². The number of fused-ring (bicyclic) bond motifs is 2. The van der Waals surface area contributed by atoms with Crippen molar-refractivity contribution in [1.29, 1.82) is 0 Å². The van der Waals surface area contributed by atoms with E-state index in [1.54, 1.807) is 18.5 Å². The van der Waals surface area contributed by atoms with Crippen molar-refractivity contribution in [3.8, 4) is 11.5 Å². The highest BCUT2D eigenvalue weighted by molar-refractivity contribution is 5.90. The molecular weight excluding hydrogens is 264 g/mol. The van der Waals surface area contributed by atoms with Crippen LogP contribution in [0.4, 0.5) is 0 Å². The SMILES string of the molecule is O=C(C1c2ccccc2Oc2ccccc21)n1cccn1. The minimum atomic E-state index is -0.397. The van der Waals surface area contributed by atoms with E-state index in [0.29, 0.717) is 0 Å². The number of rotatable bonds is 1. The molecule has 0 atom stereocenters. The molecule has 0 N–H and O–H groups in total. The molecule has 0 bridgehead atoms. The maximum atomic E-state index is 12.8. The van der Waals surface area contributed by atoms with Crippen molar-refractivity contribution in [3.05, 3.63) is 78.1 Å². The smallest absolute Gasteiger partial charge is 0.259 e. The number of hydrogen-bond donors (Lipinski definition) is 0. The molecular formula is C17H12N2O2. The summed E-state index contributed by atoms with van der Waals surface area (Å²) in [5, 5.41) is 4.06. The number of para-hydroxylation sites is 2. The van der Waals surface area contributed by atoms with Crippen molar-refractivity contribution in [1.82, 2.24) is 9.78 Å². The number of hydrogen-bond acceptors (Lipinski definition) is 3. The van der Waals surface area contributed by atoms with E-state index in [1.165, 1.54) is 4.68 Å². The van der Waals surface area contributed by atoms with E-state index >= 15 is 0 Å². The summed E-state index contributed by atoms with van der Waals surface area (Å²) in [6.07, 6.45) is 3.28. The predicted octanol–water partition coefficient (Wildman–Crippen LogP) is 3.46. The molecule has 4 rings (SSSR count). The Morgan fingerprint density at radius 1 is 0.952 bits per heavy atom. The van der Waals surface area contributed by atoms with Gasteiger partial charge in [0.1, 0.15) is 11.5 Å². The fourth-order valence-electron chi connectivity index (χ4n) is 2.71. The molecule has 1 aliphatic heterocycles. The largest absolute Gasteiger partial charge is 0.457 e. The Kier molecular flexibility index (Phi) is 2.60. The Balaban J connectivity index is 1.91. The van der Waals surface area contributed by atoms with Gasteiger partial charge in [0.05, 0.1) is 5.92 Å². The molecule has 2 heterocycles. The van der Waals surface area contributed by atoms with E-state index in [-0.39, 0.29) is 5.91 Å². The zero-order valence-corrected chi connectivity index (χ0v) is 11.1. The molecule has 0 radical (unpaired) electrons. The zero-order chi connectivity index (χ0) is 14.2. The van der Waals surface area contributed by atoms with Gasteiger partial charge in [-0.05, 0) is 18.2 Å².